The summed E-state index contributed by atoms with van der Waals surface area (Å²) < 4.78 is 0. The fourth-order valence-corrected chi connectivity index (χ4v) is 1.31. The van der Waals surface area contributed by atoms with Crippen molar-refractivity contribution >= 4 is 5.69 Å². The second-order valence-electron chi connectivity index (χ2n) is 2.84. The molecule has 66 valence electrons. The molecule has 2 heteroatoms. The van der Waals surface area contributed by atoms with Crippen molar-refractivity contribution in [3.8, 4) is 11.3 Å². The van der Waals surface area contributed by atoms with Crippen molar-refractivity contribution in [3.05, 3.63) is 60.1 Å². The van der Waals surface area contributed by atoms with Crippen LogP contribution in [0.1, 0.15) is 0 Å². The summed E-state index contributed by atoms with van der Waals surface area (Å²) in [5, 5.41) is 0. The van der Waals surface area contributed by atoms with Gasteiger partial charge in [0.25, 0.3) is 0 Å². The Morgan fingerprint density at radius 3 is 2.50 bits per heavy atom. The number of nitrogens with zero attached hydrogens (tertiary/aromatic N) is 2. The van der Waals surface area contributed by atoms with Gasteiger partial charge in [0, 0.05) is 11.8 Å². The van der Waals surface area contributed by atoms with Gasteiger partial charge >= 0.3 is 0 Å². The monoisotopic (exact) mass is 180 g/mol. The normalized spacial score (nSPS) is 9.36. The molecule has 0 radical (unpaired) electrons. The topological polar surface area (TPSA) is 17.2 Å². The van der Waals surface area contributed by atoms with E-state index >= 15 is 0 Å². The molecule has 2 nitrogen and oxygen atoms in total. The summed E-state index contributed by atoms with van der Waals surface area (Å²) >= 11 is 0. The Hall–Kier alpha value is -2.14. The van der Waals surface area contributed by atoms with E-state index in [2.05, 4.69) is 9.83 Å². The highest BCUT2D eigenvalue weighted by molar-refractivity contribution is 5.75. The summed E-state index contributed by atoms with van der Waals surface area (Å²) in [6.07, 6.45) is 1.73. The van der Waals surface area contributed by atoms with Crippen molar-refractivity contribution in [2.75, 3.05) is 0 Å². The van der Waals surface area contributed by atoms with E-state index in [0.29, 0.717) is 5.69 Å². The Balaban J connectivity index is 2.58. The highest BCUT2D eigenvalue weighted by Gasteiger charge is 2.03. The minimum absolute atomic E-state index is 0.645. The van der Waals surface area contributed by atoms with Gasteiger partial charge in [0.2, 0.25) is 0 Å². The fourth-order valence-electron chi connectivity index (χ4n) is 1.31. The molecule has 0 unspecified atom stereocenters. The van der Waals surface area contributed by atoms with Crippen molar-refractivity contribution in [1.82, 2.24) is 4.98 Å². The van der Waals surface area contributed by atoms with Crippen LogP contribution >= 0.6 is 0 Å². The van der Waals surface area contributed by atoms with Crippen LogP contribution in [0.4, 0.5) is 5.69 Å². The maximum Gasteiger partial charge on any atom is 0.196 e. The molecule has 2 rings (SSSR count). The van der Waals surface area contributed by atoms with E-state index < -0.39 is 0 Å². The van der Waals surface area contributed by atoms with Crippen molar-refractivity contribution in [2.24, 2.45) is 0 Å². The van der Waals surface area contributed by atoms with Crippen LogP contribution in [0.2, 0.25) is 0 Å². The maximum atomic E-state index is 7.03. The van der Waals surface area contributed by atoms with Crippen LogP contribution in [-0.2, 0) is 0 Å². The van der Waals surface area contributed by atoms with Crippen LogP contribution in [-0.4, -0.2) is 4.98 Å². The summed E-state index contributed by atoms with van der Waals surface area (Å²) in [5.74, 6) is 0. The first-order valence-electron chi connectivity index (χ1n) is 4.30. The van der Waals surface area contributed by atoms with E-state index in [0.717, 1.165) is 11.3 Å². The van der Waals surface area contributed by atoms with Gasteiger partial charge in [-0.1, -0.05) is 30.3 Å². The van der Waals surface area contributed by atoms with Gasteiger partial charge in [0.1, 0.15) is 0 Å². The molecule has 0 atom stereocenters. The van der Waals surface area contributed by atoms with E-state index in [1.54, 1.807) is 12.3 Å². The highest BCUT2D eigenvalue weighted by atomic mass is 14.7. The standard InChI is InChI=1S/C12H8N2/c1-13-11-7-3-2-6-10(11)12-8-4-5-9-14-12/h2-9H. The molecule has 0 bridgehead atoms. The lowest BCUT2D eigenvalue weighted by Crippen LogP contribution is -1.80. The predicted molar refractivity (Wildman–Crippen MR) is 55.9 cm³/mol. The molecule has 1 aromatic heterocycles. The average molecular weight is 180 g/mol. The largest absolute Gasteiger partial charge is 0.258 e. The molecule has 0 aliphatic carbocycles. The molecular formula is C12H8N2. The fraction of sp³-hybridized carbons (Fsp3) is 0. The van der Waals surface area contributed by atoms with E-state index in [1.807, 2.05) is 36.4 Å². The lowest BCUT2D eigenvalue weighted by molar-refractivity contribution is 1.33. The SMILES string of the molecule is [C-]#[N+]c1ccccc1-c1ccccn1. The molecule has 0 aliphatic rings. The first-order chi connectivity index (χ1) is 6.92. The highest BCUT2D eigenvalue weighted by Crippen LogP contribution is 2.27. The van der Waals surface area contributed by atoms with Gasteiger partial charge in [-0.05, 0) is 12.1 Å². The zero-order valence-corrected chi connectivity index (χ0v) is 7.51. The minimum atomic E-state index is 0.645. The van der Waals surface area contributed by atoms with Gasteiger partial charge in [-0.2, -0.15) is 0 Å². The Labute approximate surface area is 82.7 Å². The van der Waals surface area contributed by atoms with E-state index in [9.17, 15) is 0 Å². The second kappa shape index (κ2) is 3.71. The third kappa shape index (κ3) is 1.48. The van der Waals surface area contributed by atoms with Crippen LogP contribution < -0.4 is 0 Å². The second-order valence-corrected chi connectivity index (χ2v) is 2.84. The van der Waals surface area contributed by atoms with Crippen LogP contribution in [0, 0.1) is 6.57 Å². The summed E-state index contributed by atoms with van der Waals surface area (Å²) in [6.45, 7) is 7.03. The zero-order valence-electron chi connectivity index (χ0n) is 7.51. The van der Waals surface area contributed by atoms with Gasteiger partial charge in [-0.15, -0.1) is 0 Å². The average Bonchev–Trinajstić information content (AvgIpc) is 2.30. The summed E-state index contributed by atoms with van der Waals surface area (Å²) in [7, 11) is 0. The Morgan fingerprint density at radius 1 is 1.00 bits per heavy atom. The molecule has 2 aromatic rings. The van der Waals surface area contributed by atoms with Crippen molar-refractivity contribution in [1.29, 1.82) is 0 Å². The molecule has 0 fully saturated rings. The van der Waals surface area contributed by atoms with Crippen molar-refractivity contribution in [3.63, 3.8) is 0 Å². The number of hydrogen-bond acceptors (Lipinski definition) is 1. The van der Waals surface area contributed by atoms with Gasteiger partial charge < -0.3 is 0 Å². The van der Waals surface area contributed by atoms with Gasteiger partial charge in [0.05, 0.1) is 12.3 Å². The summed E-state index contributed by atoms with van der Waals surface area (Å²) in [6, 6.07) is 13.2. The van der Waals surface area contributed by atoms with E-state index in [-0.39, 0.29) is 0 Å². The number of rotatable bonds is 1. The third-order valence-corrected chi connectivity index (χ3v) is 1.97. The number of hydrogen-bond donors (Lipinski definition) is 0. The first-order valence-corrected chi connectivity index (χ1v) is 4.30. The third-order valence-electron chi connectivity index (χ3n) is 1.97. The Bertz CT molecular complexity index is 469. The van der Waals surface area contributed by atoms with Crippen LogP contribution in [0.5, 0.6) is 0 Å². The summed E-state index contributed by atoms with van der Waals surface area (Å²) in [5.41, 5.74) is 2.38. The number of para-hydroxylation sites is 1. The number of aromatic nitrogens is 1. The molecule has 0 amide bonds. The number of pyridine rings is 1. The minimum Gasteiger partial charge on any atom is -0.258 e. The van der Waals surface area contributed by atoms with Crippen molar-refractivity contribution in [2.45, 2.75) is 0 Å². The summed E-state index contributed by atoms with van der Waals surface area (Å²) in [4.78, 5) is 7.67. The molecule has 1 heterocycles. The van der Waals surface area contributed by atoms with E-state index in [4.69, 9.17) is 6.57 Å². The van der Waals surface area contributed by atoms with Gasteiger partial charge in [-0.25, -0.2) is 4.85 Å². The predicted octanol–water partition coefficient (Wildman–Crippen LogP) is 3.30. The molecule has 0 saturated heterocycles. The molecular weight excluding hydrogens is 172 g/mol. The molecule has 0 N–H and O–H groups in total. The lowest BCUT2D eigenvalue weighted by Gasteiger charge is -2.01. The first kappa shape index (κ1) is 8.46. The molecule has 0 saturated carbocycles. The zero-order chi connectivity index (χ0) is 9.80. The van der Waals surface area contributed by atoms with E-state index in [1.165, 1.54) is 0 Å². The van der Waals surface area contributed by atoms with Gasteiger partial charge in [0.15, 0.2) is 5.69 Å². The molecule has 14 heavy (non-hydrogen) atoms. The van der Waals surface area contributed by atoms with Crippen LogP contribution in [0.3, 0.4) is 0 Å². The quantitative estimate of drug-likeness (QED) is 0.615. The van der Waals surface area contributed by atoms with Crippen LogP contribution in [0.25, 0.3) is 16.1 Å². The maximum absolute atomic E-state index is 7.03. The molecule has 0 spiro atoms. The molecule has 1 aromatic carbocycles. The lowest BCUT2D eigenvalue weighted by atomic mass is 10.1. The smallest absolute Gasteiger partial charge is 0.196 e. The number of benzene rings is 1. The Kier molecular flexibility index (Phi) is 2.24. The van der Waals surface area contributed by atoms with Crippen LogP contribution in [0.15, 0.2) is 48.7 Å². The molecule has 0 aliphatic heterocycles. The van der Waals surface area contributed by atoms with Crippen molar-refractivity contribution < 1.29 is 0 Å². The van der Waals surface area contributed by atoms with Gasteiger partial charge in [-0.3, -0.25) is 4.98 Å². The Morgan fingerprint density at radius 2 is 1.79 bits per heavy atom.